The van der Waals surface area contributed by atoms with Crippen LogP contribution in [0.4, 0.5) is 13.2 Å². The molecule has 0 aromatic heterocycles. The summed E-state index contributed by atoms with van der Waals surface area (Å²) in [4.78, 5) is 11.4. The number of hydrogen-bond donors (Lipinski definition) is 0. The van der Waals surface area contributed by atoms with Gasteiger partial charge in [0.15, 0.2) is 0 Å². The molecular formula is C18H17F3O3. The zero-order valence-corrected chi connectivity index (χ0v) is 13.3. The molecule has 0 heterocycles. The lowest BCUT2D eigenvalue weighted by atomic mass is 10.1. The normalized spacial score (nSPS) is 11.2. The van der Waals surface area contributed by atoms with E-state index in [0.29, 0.717) is 11.1 Å². The van der Waals surface area contributed by atoms with Crippen molar-refractivity contribution in [3.05, 3.63) is 59.2 Å². The summed E-state index contributed by atoms with van der Waals surface area (Å²) in [5.74, 6) is -0.400. The Morgan fingerprint density at radius 2 is 1.79 bits per heavy atom. The fourth-order valence-corrected chi connectivity index (χ4v) is 2.06. The van der Waals surface area contributed by atoms with Gasteiger partial charge in [-0.05, 0) is 25.1 Å². The molecule has 0 bridgehead atoms. The van der Waals surface area contributed by atoms with Gasteiger partial charge in [-0.15, -0.1) is 0 Å². The number of rotatable bonds is 5. The minimum absolute atomic E-state index is 0.140. The second-order valence-electron chi connectivity index (χ2n) is 5.22. The van der Waals surface area contributed by atoms with Gasteiger partial charge < -0.3 is 9.47 Å². The highest BCUT2D eigenvalue weighted by molar-refractivity contribution is 5.72. The van der Waals surface area contributed by atoms with Gasteiger partial charge in [-0.1, -0.05) is 36.8 Å². The van der Waals surface area contributed by atoms with Crippen LogP contribution < -0.4 is 9.47 Å². The Hall–Kier alpha value is -2.50. The van der Waals surface area contributed by atoms with Crippen LogP contribution in [0.5, 0.6) is 11.5 Å². The number of carbonyl (C=O) groups excluding carboxylic acids is 1. The van der Waals surface area contributed by atoms with Crippen LogP contribution in [0.3, 0.4) is 0 Å². The van der Waals surface area contributed by atoms with Crippen molar-refractivity contribution in [3.63, 3.8) is 0 Å². The van der Waals surface area contributed by atoms with E-state index >= 15 is 0 Å². The highest BCUT2D eigenvalue weighted by Gasteiger charge is 2.34. The van der Waals surface area contributed by atoms with Crippen molar-refractivity contribution in [2.75, 3.05) is 0 Å². The first-order valence-electron chi connectivity index (χ1n) is 7.40. The zero-order valence-electron chi connectivity index (χ0n) is 13.3. The van der Waals surface area contributed by atoms with Gasteiger partial charge in [0.25, 0.3) is 0 Å². The maximum absolute atomic E-state index is 13.1. The van der Waals surface area contributed by atoms with Crippen LogP contribution in [-0.2, 0) is 17.6 Å². The first-order valence-corrected chi connectivity index (χ1v) is 7.40. The largest absolute Gasteiger partial charge is 0.488 e. The molecule has 0 atom stereocenters. The molecule has 0 aliphatic rings. The third kappa shape index (κ3) is 4.50. The SMILES string of the molecule is CCC(=O)Oc1ccccc1COc1ccc(C)cc1C(F)(F)F. The lowest BCUT2D eigenvalue weighted by molar-refractivity contribution is -0.139. The van der Waals surface area contributed by atoms with Crippen molar-refractivity contribution in [2.45, 2.75) is 33.1 Å². The summed E-state index contributed by atoms with van der Waals surface area (Å²) in [6, 6.07) is 10.5. The van der Waals surface area contributed by atoms with Gasteiger partial charge in [0, 0.05) is 12.0 Å². The summed E-state index contributed by atoms with van der Waals surface area (Å²) in [5, 5.41) is 0. The second kappa shape index (κ2) is 7.38. The molecule has 0 aliphatic carbocycles. The van der Waals surface area contributed by atoms with Crippen molar-refractivity contribution in [1.82, 2.24) is 0 Å². The predicted octanol–water partition coefficient (Wildman–Crippen LogP) is 4.91. The molecule has 0 saturated carbocycles. The molecule has 0 N–H and O–H groups in total. The Balaban J connectivity index is 2.22. The summed E-state index contributed by atoms with van der Waals surface area (Å²) in [6.07, 6.45) is -4.30. The number of ether oxygens (including phenoxy) is 2. The molecule has 6 heteroatoms. The summed E-state index contributed by atoms with van der Waals surface area (Å²) >= 11 is 0. The molecule has 0 aliphatic heterocycles. The topological polar surface area (TPSA) is 35.5 Å². The molecule has 2 aromatic rings. The van der Waals surface area contributed by atoms with E-state index in [2.05, 4.69) is 0 Å². The van der Waals surface area contributed by atoms with Crippen LogP contribution in [0.1, 0.15) is 30.0 Å². The minimum Gasteiger partial charge on any atom is -0.488 e. The quantitative estimate of drug-likeness (QED) is 0.574. The number of halogens is 3. The predicted molar refractivity (Wildman–Crippen MR) is 82.9 cm³/mol. The number of para-hydroxylation sites is 1. The van der Waals surface area contributed by atoms with Gasteiger partial charge in [-0.2, -0.15) is 13.2 Å². The molecule has 3 nitrogen and oxygen atoms in total. The number of carbonyl (C=O) groups is 1. The summed E-state index contributed by atoms with van der Waals surface area (Å²) < 4.78 is 49.8. The molecular weight excluding hydrogens is 321 g/mol. The van der Waals surface area contributed by atoms with E-state index in [4.69, 9.17) is 9.47 Å². The first-order chi connectivity index (χ1) is 11.3. The van der Waals surface area contributed by atoms with Crippen LogP contribution in [-0.4, -0.2) is 5.97 Å². The van der Waals surface area contributed by atoms with Crippen LogP contribution in [0.25, 0.3) is 0 Å². The average molecular weight is 338 g/mol. The second-order valence-corrected chi connectivity index (χ2v) is 5.22. The number of aryl methyl sites for hydroxylation is 1. The number of benzene rings is 2. The number of hydrogen-bond acceptors (Lipinski definition) is 3. The fourth-order valence-electron chi connectivity index (χ4n) is 2.06. The highest BCUT2D eigenvalue weighted by Crippen LogP contribution is 2.37. The van der Waals surface area contributed by atoms with Gasteiger partial charge in [0.1, 0.15) is 18.1 Å². The molecule has 24 heavy (non-hydrogen) atoms. The van der Waals surface area contributed by atoms with E-state index in [1.54, 1.807) is 44.2 Å². The van der Waals surface area contributed by atoms with Crippen molar-refractivity contribution in [2.24, 2.45) is 0 Å². The lowest BCUT2D eigenvalue weighted by Gasteiger charge is -2.16. The Labute approximate surface area is 138 Å². The van der Waals surface area contributed by atoms with Crippen LogP contribution in [0.15, 0.2) is 42.5 Å². The molecule has 0 saturated heterocycles. The van der Waals surface area contributed by atoms with E-state index < -0.39 is 17.7 Å². The van der Waals surface area contributed by atoms with Crippen LogP contribution in [0.2, 0.25) is 0 Å². The first kappa shape index (κ1) is 17.8. The van der Waals surface area contributed by atoms with E-state index in [1.165, 1.54) is 6.07 Å². The third-order valence-corrected chi connectivity index (χ3v) is 3.31. The molecule has 0 radical (unpaired) electrons. The monoisotopic (exact) mass is 338 g/mol. The Morgan fingerprint density at radius 1 is 1.08 bits per heavy atom. The maximum Gasteiger partial charge on any atom is 0.419 e. The Bertz CT molecular complexity index is 724. The van der Waals surface area contributed by atoms with Crippen molar-refractivity contribution < 1.29 is 27.4 Å². The van der Waals surface area contributed by atoms with Gasteiger partial charge in [-0.3, -0.25) is 4.79 Å². The Kier molecular flexibility index (Phi) is 5.49. The molecule has 2 rings (SSSR count). The zero-order chi connectivity index (χ0) is 17.7. The van der Waals surface area contributed by atoms with Crippen molar-refractivity contribution >= 4 is 5.97 Å². The third-order valence-electron chi connectivity index (χ3n) is 3.31. The van der Waals surface area contributed by atoms with E-state index in [-0.39, 0.29) is 24.5 Å². The van der Waals surface area contributed by atoms with Crippen LogP contribution >= 0.6 is 0 Å². The van der Waals surface area contributed by atoms with Gasteiger partial charge in [-0.25, -0.2) is 0 Å². The fraction of sp³-hybridized carbons (Fsp3) is 0.278. The summed E-state index contributed by atoms with van der Waals surface area (Å²) in [5.41, 5.74) is 0.158. The van der Waals surface area contributed by atoms with Gasteiger partial charge in [0.05, 0.1) is 5.56 Å². The summed E-state index contributed by atoms with van der Waals surface area (Å²) in [6.45, 7) is 3.10. The molecule has 2 aromatic carbocycles. The van der Waals surface area contributed by atoms with Gasteiger partial charge >= 0.3 is 12.1 Å². The highest BCUT2D eigenvalue weighted by atomic mass is 19.4. The average Bonchev–Trinajstić information content (AvgIpc) is 2.54. The van der Waals surface area contributed by atoms with Crippen molar-refractivity contribution in [3.8, 4) is 11.5 Å². The number of esters is 1. The van der Waals surface area contributed by atoms with Gasteiger partial charge in [0.2, 0.25) is 0 Å². The molecule has 0 unspecified atom stereocenters. The minimum atomic E-state index is -4.50. The molecule has 128 valence electrons. The van der Waals surface area contributed by atoms with E-state index in [0.717, 1.165) is 6.07 Å². The Morgan fingerprint density at radius 3 is 2.46 bits per heavy atom. The van der Waals surface area contributed by atoms with Crippen molar-refractivity contribution in [1.29, 1.82) is 0 Å². The molecule has 0 amide bonds. The number of alkyl halides is 3. The molecule has 0 spiro atoms. The smallest absolute Gasteiger partial charge is 0.419 e. The summed E-state index contributed by atoms with van der Waals surface area (Å²) in [7, 11) is 0. The molecule has 0 fully saturated rings. The lowest BCUT2D eigenvalue weighted by Crippen LogP contribution is -2.11. The maximum atomic E-state index is 13.1. The van der Waals surface area contributed by atoms with Crippen LogP contribution in [0, 0.1) is 6.92 Å². The van der Waals surface area contributed by atoms with E-state index in [1.807, 2.05) is 0 Å². The standard InChI is InChI=1S/C18H17F3O3/c1-3-17(22)24-15-7-5-4-6-13(15)11-23-16-9-8-12(2)10-14(16)18(19,20)21/h4-10H,3,11H2,1-2H3. The van der Waals surface area contributed by atoms with E-state index in [9.17, 15) is 18.0 Å².